The molecule has 196 valence electrons. The van der Waals surface area contributed by atoms with E-state index in [4.69, 9.17) is 9.47 Å². The van der Waals surface area contributed by atoms with Gasteiger partial charge in [-0.1, -0.05) is 12.1 Å². The van der Waals surface area contributed by atoms with Crippen LogP contribution in [0.1, 0.15) is 17.5 Å². The van der Waals surface area contributed by atoms with Crippen LogP contribution in [0.25, 0.3) is 0 Å². The van der Waals surface area contributed by atoms with E-state index in [1.54, 1.807) is 25.3 Å². The number of hydrogen-bond donors (Lipinski definition) is 1. The number of nitrogens with zero attached hydrogens (tertiary/aromatic N) is 3. The highest BCUT2D eigenvalue weighted by atomic mass is 32.2. The third-order valence-corrected chi connectivity index (χ3v) is 8.67. The van der Waals surface area contributed by atoms with E-state index in [2.05, 4.69) is 46.4 Å². The second-order valence-corrected chi connectivity index (χ2v) is 11.2. The Kier molecular flexibility index (Phi) is 8.84. The summed E-state index contributed by atoms with van der Waals surface area (Å²) >= 11 is 0. The maximum Gasteiger partial charge on any atom is 0.243 e. The first kappa shape index (κ1) is 26.4. The normalized spacial score (nSPS) is 17.7. The monoisotopic (exact) mass is 516 g/mol. The molecule has 2 aromatic rings. The van der Waals surface area contributed by atoms with Crippen molar-refractivity contribution >= 4 is 21.6 Å². The molecule has 0 aliphatic carbocycles. The molecule has 2 heterocycles. The minimum absolute atomic E-state index is 0.0957. The molecule has 9 nitrogen and oxygen atoms in total. The summed E-state index contributed by atoms with van der Waals surface area (Å²) < 4.78 is 38.2. The zero-order valence-corrected chi connectivity index (χ0v) is 21.9. The summed E-state index contributed by atoms with van der Waals surface area (Å²) in [5.74, 6) is 0.477. The summed E-state index contributed by atoms with van der Waals surface area (Å²) in [7, 11) is 0.0672. The lowest BCUT2D eigenvalue weighted by molar-refractivity contribution is -0.121. The van der Waals surface area contributed by atoms with Crippen LogP contribution in [-0.2, 0) is 32.5 Å². The summed E-state index contributed by atoms with van der Waals surface area (Å²) in [5.41, 5.74) is 2.94. The van der Waals surface area contributed by atoms with Crippen LogP contribution in [-0.4, -0.2) is 90.2 Å². The molecule has 0 aromatic heterocycles. The first-order valence-electron chi connectivity index (χ1n) is 12.4. The van der Waals surface area contributed by atoms with Crippen LogP contribution in [0.3, 0.4) is 0 Å². The molecule has 2 saturated heterocycles. The van der Waals surface area contributed by atoms with Crippen LogP contribution < -0.4 is 15.0 Å². The molecule has 2 fully saturated rings. The number of amides is 1. The number of likely N-dealkylation sites (N-methyl/N-ethyl adjacent to an activating group) is 1. The van der Waals surface area contributed by atoms with Gasteiger partial charge in [-0.05, 0) is 54.9 Å². The van der Waals surface area contributed by atoms with E-state index in [0.717, 1.165) is 31.7 Å². The van der Waals surface area contributed by atoms with Crippen molar-refractivity contribution in [3.8, 4) is 5.75 Å². The van der Waals surface area contributed by atoms with Crippen LogP contribution in [0.4, 0.5) is 5.69 Å². The maximum absolute atomic E-state index is 13.0. The first-order valence-corrected chi connectivity index (χ1v) is 13.8. The molecule has 2 aromatic carbocycles. The third kappa shape index (κ3) is 6.56. The van der Waals surface area contributed by atoms with E-state index in [-0.39, 0.29) is 17.2 Å². The van der Waals surface area contributed by atoms with Crippen molar-refractivity contribution < 1.29 is 22.7 Å². The van der Waals surface area contributed by atoms with Crippen LogP contribution in [0, 0.1) is 0 Å². The Morgan fingerprint density at radius 3 is 2.36 bits per heavy atom. The van der Waals surface area contributed by atoms with Crippen LogP contribution in [0.15, 0.2) is 47.4 Å². The molecule has 10 heteroatoms. The van der Waals surface area contributed by atoms with E-state index in [1.165, 1.54) is 9.99 Å². The van der Waals surface area contributed by atoms with Crippen molar-refractivity contribution in [3.63, 3.8) is 0 Å². The highest BCUT2D eigenvalue weighted by molar-refractivity contribution is 7.89. The summed E-state index contributed by atoms with van der Waals surface area (Å²) in [6.45, 7) is 6.06. The third-order valence-electron chi connectivity index (χ3n) is 6.78. The number of anilines is 1. The molecule has 2 aliphatic heterocycles. The number of aryl methyl sites for hydroxylation is 1. The Balaban J connectivity index is 1.31. The second-order valence-electron chi connectivity index (χ2n) is 9.22. The number of ether oxygens (including phenoxy) is 2. The minimum atomic E-state index is -3.62. The Labute approximate surface area is 214 Å². The van der Waals surface area contributed by atoms with Gasteiger partial charge in [-0.2, -0.15) is 4.31 Å². The maximum atomic E-state index is 13.0. The van der Waals surface area contributed by atoms with Gasteiger partial charge in [-0.25, -0.2) is 8.42 Å². The summed E-state index contributed by atoms with van der Waals surface area (Å²) in [4.78, 5) is 17.5. The average molecular weight is 517 g/mol. The number of rotatable bonds is 9. The largest absolute Gasteiger partial charge is 0.496 e. The molecular formula is C26H36N4O5S. The number of piperazine rings is 1. The van der Waals surface area contributed by atoms with Crippen LogP contribution in [0.5, 0.6) is 5.75 Å². The van der Waals surface area contributed by atoms with Gasteiger partial charge >= 0.3 is 0 Å². The lowest BCUT2D eigenvalue weighted by Crippen LogP contribution is -2.44. The topological polar surface area (TPSA) is 91.4 Å². The molecule has 4 rings (SSSR count). The van der Waals surface area contributed by atoms with Gasteiger partial charge in [0.2, 0.25) is 15.9 Å². The van der Waals surface area contributed by atoms with E-state index in [1.807, 2.05) is 0 Å². The first-order chi connectivity index (χ1) is 17.4. The van der Waals surface area contributed by atoms with Crippen molar-refractivity contribution in [2.45, 2.75) is 24.3 Å². The summed E-state index contributed by atoms with van der Waals surface area (Å²) in [6, 6.07) is 13.2. The zero-order valence-electron chi connectivity index (χ0n) is 21.1. The van der Waals surface area contributed by atoms with Crippen molar-refractivity contribution in [2.75, 3.05) is 71.5 Å². The Hall–Kier alpha value is -2.66. The number of carbonyl (C=O) groups is 1. The van der Waals surface area contributed by atoms with Crippen molar-refractivity contribution in [1.29, 1.82) is 0 Å². The molecule has 0 radical (unpaired) electrons. The Morgan fingerprint density at radius 2 is 1.69 bits per heavy atom. The highest BCUT2D eigenvalue weighted by Crippen LogP contribution is 2.26. The van der Waals surface area contributed by atoms with Gasteiger partial charge in [0.05, 0.1) is 25.2 Å². The number of carbonyl (C=O) groups excluding carboxylic acids is 1. The molecule has 0 spiro atoms. The molecule has 1 amide bonds. The van der Waals surface area contributed by atoms with Gasteiger partial charge < -0.3 is 24.6 Å². The number of morpholine rings is 1. The van der Waals surface area contributed by atoms with Gasteiger partial charge in [0.15, 0.2) is 0 Å². The van der Waals surface area contributed by atoms with E-state index >= 15 is 0 Å². The average Bonchev–Trinajstić information content (AvgIpc) is 2.91. The van der Waals surface area contributed by atoms with Gasteiger partial charge in [0.25, 0.3) is 0 Å². The van der Waals surface area contributed by atoms with E-state index < -0.39 is 10.0 Å². The van der Waals surface area contributed by atoms with Gasteiger partial charge in [0, 0.05) is 57.9 Å². The number of sulfonamides is 1. The van der Waals surface area contributed by atoms with Crippen LogP contribution >= 0.6 is 0 Å². The predicted octanol–water partition coefficient (Wildman–Crippen LogP) is 1.72. The lowest BCUT2D eigenvalue weighted by atomic mass is 10.1. The number of hydrogen-bond acceptors (Lipinski definition) is 7. The number of benzene rings is 2. The second kappa shape index (κ2) is 12.1. The SMILES string of the molecule is COc1ccc(S(=O)(=O)N2CCOCC2)cc1CCC(=O)NCc1ccc(N2CCN(C)CC2)cc1. The molecule has 2 aliphatic rings. The molecule has 0 bridgehead atoms. The Morgan fingerprint density at radius 1 is 1.00 bits per heavy atom. The van der Waals surface area contributed by atoms with Gasteiger partial charge in [-0.3, -0.25) is 4.79 Å². The fourth-order valence-corrected chi connectivity index (χ4v) is 5.93. The quantitative estimate of drug-likeness (QED) is 0.543. The Bertz CT molecular complexity index is 1130. The number of nitrogens with one attached hydrogen (secondary N) is 1. The minimum Gasteiger partial charge on any atom is -0.496 e. The van der Waals surface area contributed by atoms with Gasteiger partial charge in [0.1, 0.15) is 5.75 Å². The van der Waals surface area contributed by atoms with Crippen molar-refractivity contribution in [3.05, 3.63) is 53.6 Å². The molecular weight excluding hydrogens is 480 g/mol. The van der Waals surface area contributed by atoms with Crippen molar-refractivity contribution in [2.24, 2.45) is 0 Å². The molecule has 0 unspecified atom stereocenters. The summed E-state index contributed by atoms with van der Waals surface area (Å²) in [6.07, 6.45) is 0.612. The van der Waals surface area contributed by atoms with E-state index in [0.29, 0.717) is 50.6 Å². The summed E-state index contributed by atoms with van der Waals surface area (Å²) in [5, 5.41) is 2.97. The van der Waals surface area contributed by atoms with Crippen LogP contribution in [0.2, 0.25) is 0 Å². The zero-order chi connectivity index (χ0) is 25.5. The number of methoxy groups -OCH3 is 1. The van der Waals surface area contributed by atoms with E-state index in [9.17, 15) is 13.2 Å². The van der Waals surface area contributed by atoms with Gasteiger partial charge in [-0.15, -0.1) is 0 Å². The predicted molar refractivity (Wildman–Crippen MR) is 139 cm³/mol. The fourth-order valence-electron chi connectivity index (χ4n) is 4.47. The lowest BCUT2D eigenvalue weighted by Gasteiger charge is -2.34. The smallest absolute Gasteiger partial charge is 0.243 e. The van der Waals surface area contributed by atoms with Crippen molar-refractivity contribution in [1.82, 2.24) is 14.5 Å². The molecule has 1 N–H and O–H groups in total. The molecule has 36 heavy (non-hydrogen) atoms. The molecule has 0 saturated carbocycles. The fraction of sp³-hybridized carbons (Fsp3) is 0.500. The molecule has 0 atom stereocenters. The standard InChI is InChI=1S/C26H36N4O5S/c1-28-11-13-29(14-12-28)23-6-3-21(4-7-23)20-27-26(31)10-5-22-19-24(8-9-25(22)34-2)36(32,33)30-15-17-35-18-16-30/h3-4,6-9,19H,5,10-18,20H2,1-2H3,(H,27,31). The highest BCUT2D eigenvalue weighted by Gasteiger charge is 2.27.